The van der Waals surface area contributed by atoms with E-state index < -0.39 is 5.54 Å². The van der Waals surface area contributed by atoms with E-state index in [0.717, 1.165) is 18.5 Å². The molecule has 0 aromatic heterocycles. The summed E-state index contributed by atoms with van der Waals surface area (Å²) in [6.45, 7) is 7.34. The average Bonchev–Trinajstić information content (AvgIpc) is 2.45. The molecular formula is C16H24ClN3O. The van der Waals surface area contributed by atoms with Crippen molar-refractivity contribution in [2.75, 3.05) is 13.1 Å². The number of nitrogens with one attached hydrogen (secondary N) is 1. The van der Waals surface area contributed by atoms with E-state index in [4.69, 9.17) is 17.3 Å². The Bertz CT molecular complexity index is 518. The van der Waals surface area contributed by atoms with Gasteiger partial charge in [-0.2, -0.15) is 0 Å². The summed E-state index contributed by atoms with van der Waals surface area (Å²) in [5.74, 6) is 0.0362. The molecule has 0 spiro atoms. The third kappa shape index (κ3) is 3.07. The minimum atomic E-state index is -0.602. The molecule has 1 heterocycles. The topological polar surface area (TPSA) is 58.4 Å². The Labute approximate surface area is 131 Å². The Balaban J connectivity index is 2.46. The lowest BCUT2D eigenvalue weighted by atomic mass is 9.89. The first kappa shape index (κ1) is 16.3. The van der Waals surface area contributed by atoms with Gasteiger partial charge in [0.05, 0.1) is 11.6 Å². The van der Waals surface area contributed by atoms with Gasteiger partial charge in [0.1, 0.15) is 0 Å². The second-order valence-corrected chi connectivity index (χ2v) is 6.45. The van der Waals surface area contributed by atoms with Crippen molar-refractivity contribution in [2.24, 2.45) is 5.73 Å². The molecule has 0 bridgehead atoms. The molecule has 1 aliphatic rings. The maximum absolute atomic E-state index is 12.2. The van der Waals surface area contributed by atoms with Crippen LogP contribution in [0.2, 0.25) is 5.02 Å². The number of hydrogen-bond donors (Lipinski definition) is 2. The Morgan fingerprint density at radius 3 is 2.71 bits per heavy atom. The van der Waals surface area contributed by atoms with Crippen molar-refractivity contribution in [3.05, 3.63) is 34.9 Å². The number of piperazine rings is 1. The zero-order chi connectivity index (χ0) is 15.6. The molecule has 2 unspecified atom stereocenters. The highest BCUT2D eigenvalue weighted by Gasteiger charge is 2.43. The second kappa shape index (κ2) is 6.34. The van der Waals surface area contributed by atoms with Gasteiger partial charge in [-0.25, -0.2) is 0 Å². The third-order valence-electron chi connectivity index (χ3n) is 4.35. The number of amides is 1. The third-order valence-corrected chi connectivity index (χ3v) is 4.69. The van der Waals surface area contributed by atoms with Gasteiger partial charge in [0.2, 0.25) is 5.91 Å². The van der Waals surface area contributed by atoms with E-state index in [1.807, 2.05) is 38.1 Å². The molecular weight excluding hydrogens is 286 g/mol. The number of carbonyl (C=O) groups is 1. The first-order valence-electron chi connectivity index (χ1n) is 7.44. The summed E-state index contributed by atoms with van der Waals surface area (Å²) < 4.78 is 0. The van der Waals surface area contributed by atoms with Gasteiger partial charge in [0, 0.05) is 24.2 Å². The van der Waals surface area contributed by atoms with Crippen molar-refractivity contribution in [3.63, 3.8) is 0 Å². The average molecular weight is 310 g/mol. The van der Waals surface area contributed by atoms with Crippen LogP contribution in [0.4, 0.5) is 0 Å². The van der Waals surface area contributed by atoms with Crippen molar-refractivity contribution in [1.29, 1.82) is 0 Å². The standard InChI is InChI=1S/C16H24ClN3O/c1-4-13(18)14(11-7-5-6-8-12(11)17)20-10-9-19-15(21)16(20,2)3/h5-8,13-14H,4,9-10,18H2,1-3H3,(H,19,21). The summed E-state index contributed by atoms with van der Waals surface area (Å²) in [5.41, 5.74) is 6.78. The van der Waals surface area contributed by atoms with E-state index in [-0.39, 0.29) is 18.0 Å². The fourth-order valence-corrected chi connectivity index (χ4v) is 3.22. The van der Waals surface area contributed by atoms with Gasteiger partial charge in [-0.15, -0.1) is 0 Å². The number of benzene rings is 1. The molecule has 1 fully saturated rings. The Morgan fingerprint density at radius 2 is 2.10 bits per heavy atom. The highest BCUT2D eigenvalue weighted by molar-refractivity contribution is 6.31. The van der Waals surface area contributed by atoms with E-state index in [1.54, 1.807) is 0 Å². The molecule has 3 N–H and O–H groups in total. The van der Waals surface area contributed by atoms with Crippen molar-refractivity contribution >= 4 is 17.5 Å². The maximum atomic E-state index is 12.2. The van der Waals surface area contributed by atoms with Crippen molar-refractivity contribution < 1.29 is 4.79 Å². The highest BCUT2D eigenvalue weighted by atomic mass is 35.5. The lowest BCUT2D eigenvalue weighted by Gasteiger charge is -2.47. The Kier molecular flexibility index (Phi) is 4.91. The quantitative estimate of drug-likeness (QED) is 0.897. The Morgan fingerprint density at radius 1 is 1.43 bits per heavy atom. The zero-order valence-corrected chi connectivity index (χ0v) is 13.7. The van der Waals surface area contributed by atoms with Crippen molar-refractivity contribution in [3.8, 4) is 0 Å². The van der Waals surface area contributed by atoms with Gasteiger partial charge < -0.3 is 11.1 Å². The van der Waals surface area contributed by atoms with Crippen LogP contribution >= 0.6 is 11.6 Å². The maximum Gasteiger partial charge on any atom is 0.240 e. The monoisotopic (exact) mass is 309 g/mol. The van der Waals surface area contributed by atoms with Gasteiger partial charge in [-0.3, -0.25) is 9.69 Å². The highest BCUT2D eigenvalue weighted by Crippen LogP contribution is 2.36. The molecule has 4 nitrogen and oxygen atoms in total. The molecule has 0 aliphatic carbocycles. The van der Waals surface area contributed by atoms with E-state index in [2.05, 4.69) is 17.1 Å². The minimum absolute atomic E-state index is 0.0362. The van der Waals surface area contributed by atoms with E-state index in [9.17, 15) is 4.79 Å². The first-order valence-corrected chi connectivity index (χ1v) is 7.82. The van der Waals surface area contributed by atoms with Crippen LogP contribution in [0.3, 0.4) is 0 Å². The van der Waals surface area contributed by atoms with Crippen molar-refractivity contribution in [2.45, 2.75) is 44.8 Å². The lowest BCUT2D eigenvalue weighted by molar-refractivity contribution is -0.137. The van der Waals surface area contributed by atoms with Crippen LogP contribution in [0.15, 0.2) is 24.3 Å². The molecule has 0 radical (unpaired) electrons. The van der Waals surface area contributed by atoms with Crippen LogP contribution in [0.1, 0.15) is 38.8 Å². The number of carbonyl (C=O) groups excluding carboxylic acids is 1. The summed E-state index contributed by atoms with van der Waals surface area (Å²) in [6, 6.07) is 7.62. The lowest BCUT2D eigenvalue weighted by Crippen LogP contribution is -2.64. The summed E-state index contributed by atoms with van der Waals surface area (Å²) in [5, 5.41) is 3.63. The smallest absolute Gasteiger partial charge is 0.240 e. The Hall–Kier alpha value is -1.10. The molecule has 116 valence electrons. The predicted octanol–water partition coefficient (Wildman–Crippen LogP) is 2.33. The SMILES string of the molecule is CCC(N)C(c1ccccc1Cl)N1CCNC(=O)C1(C)C. The molecule has 2 rings (SSSR count). The molecule has 0 saturated carbocycles. The van der Waals surface area contributed by atoms with Crippen LogP contribution in [-0.4, -0.2) is 35.5 Å². The normalized spacial score (nSPS) is 21.7. The molecule has 5 heteroatoms. The number of rotatable bonds is 4. The molecule has 1 aromatic carbocycles. The number of halogens is 1. The van der Waals surface area contributed by atoms with Crippen LogP contribution in [0.25, 0.3) is 0 Å². The van der Waals surface area contributed by atoms with Crippen LogP contribution in [0, 0.1) is 0 Å². The van der Waals surface area contributed by atoms with E-state index in [0.29, 0.717) is 11.6 Å². The molecule has 1 saturated heterocycles. The fraction of sp³-hybridized carbons (Fsp3) is 0.562. The van der Waals surface area contributed by atoms with Gasteiger partial charge in [0.15, 0.2) is 0 Å². The number of nitrogens with zero attached hydrogens (tertiary/aromatic N) is 1. The summed E-state index contributed by atoms with van der Waals surface area (Å²) in [6.07, 6.45) is 0.824. The molecule has 21 heavy (non-hydrogen) atoms. The minimum Gasteiger partial charge on any atom is -0.353 e. The summed E-state index contributed by atoms with van der Waals surface area (Å²) in [7, 11) is 0. The van der Waals surface area contributed by atoms with Gasteiger partial charge >= 0.3 is 0 Å². The number of hydrogen-bond acceptors (Lipinski definition) is 3. The fourth-order valence-electron chi connectivity index (χ4n) is 2.97. The first-order chi connectivity index (χ1) is 9.89. The summed E-state index contributed by atoms with van der Waals surface area (Å²) in [4.78, 5) is 14.4. The van der Waals surface area contributed by atoms with Crippen LogP contribution < -0.4 is 11.1 Å². The second-order valence-electron chi connectivity index (χ2n) is 6.05. The van der Waals surface area contributed by atoms with Crippen LogP contribution in [0.5, 0.6) is 0 Å². The largest absolute Gasteiger partial charge is 0.353 e. The van der Waals surface area contributed by atoms with Crippen LogP contribution in [-0.2, 0) is 4.79 Å². The molecule has 1 aromatic rings. The van der Waals surface area contributed by atoms with Gasteiger partial charge in [-0.1, -0.05) is 36.7 Å². The molecule has 1 amide bonds. The molecule has 2 atom stereocenters. The number of nitrogens with two attached hydrogens (primary N) is 1. The zero-order valence-electron chi connectivity index (χ0n) is 12.9. The molecule has 1 aliphatic heterocycles. The predicted molar refractivity (Wildman–Crippen MR) is 86.3 cm³/mol. The van der Waals surface area contributed by atoms with Crippen molar-refractivity contribution in [1.82, 2.24) is 10.2 Å². The van der Waals surface area contributed by atoms with E-state index in [1.165, 1.54) is 0 Å². The van der Waals surface area contributed by atoms with Gasteiger partial charge in [-0.05, 0) is 31.9 Å². The summed E-state index contributed by atoms with van der Waals surface area (Å²) >= 11 is 6.39. The van der Waals surface area contributed by atoms with E-state index >= 15 is 0 Å². The van der Waals surface area contributed by atoms with Gasteiger partial charge in [0.25, 0.3) is 0 Å².